The van der Waals surface area contributed by atoms with E-state index in [9.17, 15) is 4.91 Å². The molecule has 2 fully saturated rings. The second kappa shape index (κ2) is 4.46. The second-order valence-electron chi connectivity index (χ2n) is 6.25. The molecule has 0 bridgehead atoms. The first-order valence-corrected chi connectivity index (χ1v) is 6.96. The molecule has 2 unspecified atom stereocenters. The van der Waals surface area contributed by atoms with Crippen molar-refractivity contribution in [2.24, 2.45) is 28.3 Å². The maximum Gasteiger partial charge on any atom is 0.0953 e. The van der Waals surface area contributed by atoms with E-state index in [0.29, 0.717) is 11.3 Å². The van der Waals surface area contributed by atoms with E-state index in [1.54, 1.807) is 0 Å². The van der Waals surface area contributed by atoms with Gasteiger partial charge in [-0.3, -0.25) is 0 Å². The van der Waals surface area contributed by atoms with E-state index < -0.39 is 0 Å². The molecule has 0 radical (unpaired) electrons. The average molecular weight is 223 g/mol. The van der Waals surface area contributed by atoms with Gasteiger partial charge in [-0.15, -0.1) is 0 Å². The third kappa shape index (κ3) is 1.70. The fraction of sp³-hybridized carbons (Fsp3) is 1.00. The molecule has 2 aliphatic rings. The zero-order chi connectivity index (χ0) is 11.8. The largest absolute Gasteiger partial charge is 0.151 e. The van der Waals surface area contributed by atoms with Crippen LogP contribution in [0.2, 0.25) is 0 Å². The smallest absolute Gasteiger partial charge is 0.0953 e. The predicted molar refractivity (Wildman–Crippen MR) is 67.2 cm³/mol. The molecule has 0 aliphatic heterocycles. The molecule has 0 saturated heterocycles. The SMILES string of the molecule is CC[C@H](C)C1CCC2[C@@H](N=O)CCC[C@@]21C. The molecule has 0 aromatic carbocycles. The highest BCUT2D eigenvalue weighted by atomic mass is 16.3. The summed E-state index contributed by atoms with van der Waals surface area (Å²) in [5.41, 5.74) is 0.409. The summed E-state index contributed by atoms with van der Waals surface area (Å²) in [7, 11) is 0. The lowest BCUT2D eigenvalue weighted by Crippen LogP contribution is -2.40. The van der Waals surface area contributed by atoms with Crippen molar-refractivity contribution in [2.75, 3.05) is 0 Å². The Hall–Kier alpha value is -0.400. The number of hydrogen-bond acceptors (Lipinski definition) is 2. The minimum atomic E-state index is 0.118. The van der Waals surface area contributed by atoms with Crippen LogP contribution in [0.1, 0.15) is 59.3 Å². The Morgan fingerprint density at radius 1 is 1.38 bits per heavy atom. The second-order valence-corrected chi connectivity index (χ2v) is 6.25. The van der Waals surface area contributed by atoms with Gasteiger partial charge in [-0.2, -0.15) is 4.91 Å². The summed E-state index contributed by atoms with van der Waals surface area (Å²) in [5, 5.41) is 3.41. The fourth-order valence-corrected chi connectivity index (χ4v) is 4.53. The van der Waals surface area contributed by atoms with Gasteiger partial charge in [-0.1, -0.05) is 38.8 Å². The molecule has 2 heteroatoms. The van der Waals surface area contributed by atoms with Crippen molar-refractivity contribution in [1.82, 2.24) is 0 Å². The van der Waals surface area contributed by atoms with Crippen LogP contribution in [0, 0.1) is 28.1 Å². The van der Waals surface area contributed by atoms with Crippen LogP contribution in [0.25, 0.3) is 0 Å². The summed E-state index contributed by atoms with van der Waals surface area (Å²) in [5.74, 6) is 2.21. The minimum Gasteiger partial charge on any atom is -0.151 e. The van der Waals surface area contributed by atoms with Gasteiger partial charge >= 0.3 is 0 Å². The summed E-state index contributed by atoms with van der Waals surface area (Å²) in [4.78, 5) is 10.9. The molecule has 2 nitrogen and oxygen atoms in total. The quantitative estimate of drug-likeness (QED) is 0.653. The average Bonchev–Trinajstić information content (AvgIpc) is 2.64. The zero-order valence-corrected chi connectivity index (χ0v) is 10.9. The standard InChI is InChI=1S/C14H25NO/c1-4-10(2)11-7-8-12-13(15-16)6-5-9-14(11,12)3/h10-13H,4-9H2,1-3H3/t10-,11?,12?,13-,14+/m0/s1. The van der Waals surface area contributed by atoms with Crippen LogP contribution in [0.5, 0.6) is 0 Å². The van der Waals surface area contributed by atoms with Crippen LogP contribution < -0.4 is 0 Å². The van der Waals surface area contributed by atoms with E-state index >= 15 is 0 Å². The van der Waals surface area contributed by atoms with E-state index in [4.69, 9.17) is 0 Å². The molecule has 0 amide bonds. The molecular weight excluding hydrogens is 198 g/mol. The normalized spacial score (nSPS) is 45.1. The van der Waals surface area contributed by atoms with Crippen LogP contribution in [-0.2, 0) is 0 Å². The maximum atomic E-state index is 10.9. The van der Waals surface area contributed by atoms with Gasteiger partial charge in [-0.25, -0.2) is 0 Å². The Kier molecular flexibility index (Phi) is 3.37. The van der Waals surface area contributed by atoms with E-state index in [0.717, 1.165) is 18.3 Å². The molecule has 0 spiro atoms. The van der Waals surface area contributed by atoms with Crippen molar-refractivity contribution in [3.8, 4) is 0 Å². The molecule has 92 valence electrons. The molecule has 2 aliphatic carbocycles. The Bertz CT molecular complexity index is 265. The Balaban J connectivity index is 2.20. The lowest BCUT2D eigenvalue weighted by atomic mass is 9.61. The van der Waals surface area contributed by atoms with E-state index in [-0.39, 0.29) is 6.04 Å². The molecule has 5 atom stereocenters. The number of fused-ring (bicyclic) bond motifs is 1. The van der Waals surface area contributed by atoms with Gasteiger partial charge in [0.05, 0.1) is 6.04 Å². The van der Waals surface area contributed by atoms with Crippen molar-refractivity contribution in [3.63, 3.8) is 0 Å². The first-order chi connectivity index (χ1) is 7.63. The lowest BCUT2D eigenvalue weighted by molar-refractivity contribution is 0.0560. The fourth-order valence-electron chi connectivity index (χ4n) is 4.53. The maximum absolute atomic E-state index is 10.9. The highest BCUT2D eigenvalue weighted by Crippen LogP contribution is 2.58. The molecule has 0 heterocycles. The first-order valence-electron chi connectivity index (χ1n) is 6.96. The van der Waals surface area contributed by atoms with Crippen LogP contribution >= 0.6 is 0 Å². The van der Waals surface area contributed by atoms with Gasteiger partial charge in [0.2, 0.25) is 0 Å². The van der Waals surface area contributed by atoms with Crippen LogP contribution in [0.15, 0.2) is 5.18 Å². The summed E-state index contributed by atoms with van der Waals surface area (Å²) in [6.07, 6.45) is 7.39. The van der Waals surface area contributed by atoms with Gasteiger partial charge < -0.3 is 0 Å². The molecule has 16 heavy (non-hydrogen) atoms. The number of nitrogens with zero attached hydrogens (tertiary/aromatic N) is 1. The van der Waals surface area contributed by atoms with E-state index in [2.05, 4.69) is 25.9 Å². The minimum absolute atomic E-state index is 0.118. The summed E-state index contributed by atoms with van der Waals surface area (Å²) in [6.45, 7) is 7.11. The lowest BCUT2D eigenvalue weighted by Gasteiger charge is -2.44. The molecule has 2 saturated carbocycles. The van der Waals surface area contributed by atoms with E-state index in [1.165, 1.54) is 32.1 Å². The van der Waals surface area contributed by atoms with Gasteiger partial charge in [0.25, 0.3) is 0 Å². The Morgan fingerprint density at radius 3 is 2.75 bits per heavy atom. The monoisotopic (exact) mass is 223 g/mol. The molecule has 0 aromatic heterocycles. The molecule has 2 rings (SSSR count). The molecular formula is C14H25NO. The summed E-state index contributed by atoms with van der Waals surface area (Å²) < 4.78 is 0. The number of hydrogen-bond donors (Lipinski definition) is 0. The number of nitroso groups, excluding NO2 is 1. The summed E-state index contributed by atoms with van der Waals surface area (Å²) >= 11 is 0. The Morgan fingerprint density at radius 2 is 2.12 bits per heavy atom. The summed E-state index contributed by atoms with van der Waals surface area (Å²) in [6, 6.07) is 0.118. The van der Waals surface area contributed by atoms with Gasteiger partial charge in [-0.05, 0) is 48.9 Å². The number of rotatable bonds is 3. The highest BCUT2D eigenvalue weighted by molar-refractivity contribution is 5.03. The molecule has 0 N–H and O–H groups in total. The van der Waals surface area contributed by atoms with Crippen molar-refractivity contribution < 1.29 is 0 Å². The van der Waals surface area contributed by atoms with Gasteiger partial charge in [0.15, 0.2) is 0 Å². The highest BCUT2D eigenvalue weighted by Gasteiger charge is 2.52. The zero-order valence-electron chi connectivity index (χ0n) is 10.9. The molecule has 0 aromatic rings. The van der Waals surface area contributed by atoms with Crippen LogP contribution in [0.4, 0.5) is 0 Å². The first kappa shape index (κ1) is 12.1. The van der Waals surface area contributed by atoms with Crippen molar-refractivity contribution in [2.45, 2.75) is 65.3 Å². The predicted octanol–water partition coefficient (Wildman–Crippen LogP) is 4.38. The van der Waals surface area contributed by atoms with Gasteiger partial charge in [0.1, 0.15) is 0 Å². The van der Waals surface area contributed by atoms with Gasteiger partial charge in [0, 0.05) is 0 Å². The van der Waals surface area contributed by atoms with E-state index in [1.807, 2.05) is 0 Å². The van der Waals surface area contributed by atoms with Crippen LogP contribution in [0.3, 0.4) is 0 Å². The topological polar surface area (TPSA) is 29.4 Å². The Labute approximate surface area is 99.2 Å². The van der Waals surface area contributed by atoms with Crippen molar-refractivity contribution in [1.29, 1.82) is 0 Å². The third-order valence-corrected chi connectivity index (χ3v) is 5.63. The van der Waals surface area contributed by atoms with Crippen molar-refractivity contribution >= 4 is 0 Å². The third-order valence-electron chi connectivity index (χ3n) is 5.63. The van der Waals surface area contributed by atoms with Crippen molar-refractivity contribution in [3.05, 3.63) is 4.91 Å². The van der Waals surface area contributed by atoms with Crippen LogP contribution in [-0.4, -0.2) is 6.04 Å².